The number of hydrogen-bond acceptors (Lipinski definition) is 0. The van der Waals surface area contributed by atoms with E-state index in [2.05, 4.69) is 194 Å². The smallest absolute Gasteiger partial charge is 0.00262 e. The third kappa shape index (κ3) is 4.69. The molecule has 0 aliphatic carbocycles. The zero-order chi connectivity index (χ0) is 33.0. The monoisotopic (exact) mass is 632 g/mol. The number of hydrogen-bond donors (Lipinski definition) is 0. The Labute approximate surface area is 291 Å². The van der Waals surface area contributed by atoms with Crippen LogP contribution in [0, 0.1) is 0 Å². The summed E-state index contributed by atoms with van der Waals surface area (Å²) in [6.07, 6.45) is 0. The number of fused-ring (bicyclic) bond motifs is 6. The zero-order valence-electron chi connectivity index (χ0n) is 27.5. The van der Waals surface area contributed by atoms with Crippen LogP contribution in [-0.4, -0.2) is 0 Å². The fourth-order valence-corrected chi connectivity index (χ4v) is 7.97. The van der Waals surface area contributed by atoms with Crippen molar-refractivity contribution >= 4 is 53.9 Å². The predicted octanol–water partition coefficient (Wildman–Crippen LogP) is 14.1. The molecule has 232 valence electrons. The van der Waals surface area contributed by atoms with E-state index in [9.17, 15) is 0 Å². The van der Waals surface area contributed by atoms with Crippen molar-refractivity contribution in [3.05, 3.63) is 194 Å². The molecule has 10 aromatic rings. The van der Waals surface area contributed by atoms with Gasteiger partial charge in [-0.3, -0.25) is 0 Å². The molecule has 0 fully saturated rings. The van der Waals surface area contributed by atoms with Crippen molar-refractivity contribution < 1.29 is 0 Å². The quantitative estimate of drug-likeness (QED) is 0.134. The molecule has 0 N–H and O–H groups in total. The van der Waals surface area contributed by atoms with Gasteiger partial charge in [0.2, 0.25) is 0 Å². The summed E-state index contributed by atoms with van der Waals surface area (Å²) in [4.78, 5) is 0. The fraction of sp³-hybridized carbons (Fsp3) is 0. The summed E-state index contributed by atoms with van der Waals surface area (Å²) < 4.78 is 0. The van der Waals surface area contributed by atoms with Gasteiger partial charge in [0.25, 0.3) is 0 Å². The lowest BCUT2D eigenvalue weighted by Crippen LogP contribution is -1.91. The van der Waals surface area contributed by atoms with Crippen molar-refractivity contribution in [2.75, 3.05) is 0 Å². The Morgan fingerprint density at radius 3 is 1.16 bits per heavy atom. The normalized spacial score (nSPS) is 11.6. The van der Waals surface area contributed by atoms with E-state index in [0.29, 0.717) is 0 Å². The first-order valence-corrected chi connectivity index (χ1v) is 17.3. The summed E-state index contributed by atoms with van der Waals surface area (Å²) in [7, 11) is 0. The Kier molecular flexibility index (Phi) is 6.60. The minimum Gasteiger partial charge on any atom is -0.0616 e. The van der Waals surface area contributed by atoms with Gasteiger partial charge in [-0.15, -0.1) is 0 Å². The number of rotatable bonds is 4. The summed E-state index contributed by atoms with van der Waals surface area (Å²) in [5.41, 5.74) is 9.95. The molecular formula is C50H32. The Morgan fingerprint density at radius 1 is 0.180 bits per heavy atom. The van der Waals surface area contributed by atoms with E-state index in [4.69, 9.17) is 0 Å². The second kappa shape index (κ2) is 11.6. The molecular weight excluding hydrogens is 601 g/mol. The van der Waals surface area contributed by atoms with Crippen LogP contribution in [0.1, 0.15) is 0 Å². The Morgan fingerprint density at radius 2 is 0.540 bits per heavy atom. The molecule has 0 saturated carbocycles. The maximum atomic E-state index is 2.34. The van der Waals surface area contributed by atoms with E-state index in [1.165, 1.54) is 98.4 Å². The molecule has 0 radical (unpaired) electrons. The molecule has 0 spiro atoms. The van der Waals surface area contributed by atoms with Crippen molar-refractivity contribution in [1.82, 2.24) is 0 Å². The first-order valence-electron chi connectivity index (χ1n) is 17.3. The maximum absolute atomic E-state index is 2.34. The van der Waals surface area contributed by atoms with Gasteiger partial charge < -0.3 is 0 Å². The van der Waals surface area contributed by atoms with Gasteiger partial charge in [0.1, 0.15) is 0 Å². The molecule has 10 aromatic carbocycles. The highest BCUT2D eigenvalue weighted by Crippen LogP contribution is 2.44. The molecule has 50 heavy (non-hydrogen) atoms. The Balaban J connectivity index is 1.03. The van der Waals surface area contributed by atoms with Crippen LogP contribution >= 0.6 is 0 Å². The molecule has 0 aliphatic heterocycles. The standard InChI is InChI=1S/C50H32/c1-2-11-39-32-42(28-23-33(39)9-1)50-47-15-7-5-13-45(47)49(46-14-6-8-16-48(46)50)38-25-21-35(22-26-38)34-17-19-36(20-18-34)40-29-30-44-41(31-40)27-24-37-10-3-4-12-43(37)44/h1-32H. The number of benzene rings is 10. The first kappa shape index (κ1) is 28.5. The maximum Gasteiger partial charge on any atom is -0.00262 e. The van der Waals surface area contributed by atoms with Crippen LogP contribution in [0.4, 0.5) is 0 Å². The highest BCUT2D eigenvalue weighted by atomic mass is 14.2. The van der Waals surface area contributed by atoms with Crippen molar-refractivity contribution in [2.45, 2.75) is 0 Å². The summed E-state index contributed by atoms with van der Waals surface area (Å²) in [5, 5.41) is 12.8. The minimum absolute atomic E-state index is 1.21. The summed E-state index contributed by atoms with van der Waals surface area (Å²) in [6, 6.07) is 71.3. The second-order valence-corrected chi connectivity index (χ2v) is 13.3. The van der Waals surface area contributed by atoms with Gasteiger partial charge in [0, 0.05) is 0 Å². The van der Waals surface area contributed by atoms with Gasteiger partial charge in [-0.1, -0.05) is 182 Å². The predicted molar refractivity (Wildman–Crippen MR) is 216 cm³/mol. The van der Waals surface area contributed by atoms with Crippen LogP contribution in [0.3, 0.4) is 0 Å². The van der Waals surface area contributed by atoms with Crippen molar-refractivity contribution in [3.63, 3.8) is 0 Å². The average Bonchev–Trinajstić information content (AvgIpc) is 3.19. The Hall–Kier alpha value is -6.50. The molecule has 0 atom stereocenters. The molecule has 0 saturated heterocycles. The average molecular weight is 633 g/mol. The lowest BCUT2D eigenvalue weighted by molar-refractivity contribution is 1.60. The van der Waals surface area contributed by atoms with E-state index in [-0.39, 0.29) is 0 Å². The largest absolute Gasteiger partial charge is 0.0616 e. The molecule has 0 nitrogen and oxygen atoms in total. The van der Waals surface area contributed by atoms with Gasteiger partial charge in [-0.25, -0.2) is 0 Å². The van der Waals surface area contributed by atoms with E-state index >= 15 is 0 Å². The molecule has 0 aliphatic rings. The SMILES string of the molecule is c1ccc2cc(-c3c4ccccc4c(-c4ccc(-c5ccc(-c6ccc7c(ccc8ccccc87)c6)cc5)cc4)c4ccccc34)ccc2c1. The van der Waals surface area contributed by atoms with Gasteiger partial charge in [0.05, 0.1) is 0 Å². The van der Waals surface area contributed by atoms with Crippen molar-refractivity contribution in [1.29, 1.82) is 0 Å². The summed E-state index contributed by atoms with van der Waals surface area (Å²) in [5.74, 6) is 0. The van der Waals surface area contributed by atoms with Gasteiger partial charge in [-0.2, -0.15) is 0 Å². The highest BCUT2D eigenvalue weighted by molar-refractivity contribution is 6.21. The minimum atomic E-state index is 1.21. The van der Waals surface area contributed by atoms with E-state index in [1.54, 1.807) is 0 Å². The van der Waals surface area contributed by atoms with Gasteiger partial charge in [-0.05, 0) is 111 Å². The van der Waals surface area contributed by atoms with E-state index in [0.717, 1.165) is 0 Å². The highest BCUT2D eigenvalue weighted by Gasteiger charge is 2.17. The molecule has 0 bridgehead atoms. The third-order valence-corrected chi connectivity index (χ3v) is 10.4. The fourth-order valence-electron chi connectivity index (χ4n) is 7.97. The summed E-state index contributed by atoms with van der Waals surface area (Å²) in [6.45, 7) is 0. The van der Waals surface area contributed by atoms with Crippen LogP contribution in [0.15, 0.2) is 194 Å². The lowest BCUT2D eigenvalue weighted by atomic mass is 9.85. The van der Waals surface area contributed by atoms with Gasteiger partial charge >= 0.3 is 0 Å². The van der Waals surface area contributed by atoms with E-state index in [1.807, 2.05) is 0 Å². The van der Waals surface area contributed by atoms with Crippen molar-refractivity contribution in [3.8, 4) is 44.5 Å². The molecule has 0 amide bonds. The zero-order valence-corrected chi connectivity index (χ0v) is 27.5. The third-order valence-electron chi connectivity index (χ3n) is 10.4. The van der Waals surface area contributed by atoms with E-state index < -0.39 is 0 Å². The Bertz CT molecular complexity index is 2840. The first-order chi connectivity index (χ1) is 24.8. The van der Waals surface area contributed by atoms with Crippen LogP contribution in [-0.2, 0) is 0 Å². The van der Waals surface area contributed by atoms with Crippen LogP contribution < -0.4 is 0 Å². The molecule has 0 heteroatoms. The molecule has 10 rings (SSSR count). The van der Waals surface area contributed by atoms with Crippen LogP contribution in [0.25, 0.3) is 98.4 Å². The summed E-state index contributed by atoms with van der Waals surface area (Å²) >= 11 is 0. The molecule has 0 unspecified atom stereocenters. The lowest BCUT2D eigenvalue weighted by Gasteiger charge is -2.18. The topological polar surface area (TPSA) is 0 Å². The van der Waals surface area contributed by atoms with Crippen LogP contribution in [0.2, 0.25) is 0 Å². The van der Waals surface area contributed by atoms with Gasteiger partial charge in [0.15, 0.2) is 0 Å². The molecule has 0 aromatic heterocycles. The second-order valence-electron chi connectivity index (χ2n) is 13.3. The van der Waals surface area contributed by atoms with Crippen LogP contribution in [0.5, 0.6) is 0 Å². The van der Waals surface area contributed by atoms with Crippen molar-refractivity contribution in [2.24, 2.45) is 0 Å². The molecule has 0 heterocycles.